The largest absolute Gasteiger partial charge is 0.368 e. The first-order chi connectivity index (χ1) is 8.53. The number of rotatable bonds is 2. The molecule has 4 heteroatoms. The number of anilines is 1. The smallest absolute Gasteiger partial charge is 0.152 e. The molecule has 98 valence electrons. The third-order valence-corrected chi connectivity index (χ3v) is 4.67. The SMILES string of the molecule is CC1(C)CCN(c2c(F)cccc2C=O)CCS1. The number of para-hydroxylation sites is 1. The van der Waals surface area contributed by atoms with Crippen molar-refractivity contribution in [2.75, 3.05) is 23.7 Å². The molecule has 0 unspecified atom stereocenters. The van der Waals surface area contributed by atoms with E-state index < -0.39 is 0 Å². The van der Waals surface area contributed by atoms with Gasteiger partial charge < -0.3 is 4.90 Å². The van der Waals surface area contributed by atoms with Gasteiger partial charge in [-0.3, -0.25) is 4.79 Å². The molecule has 1 saturated heterocycles. The Kier molecular flexibility index (Phi) is 3.95. The number of carbonyl (C=O) groups excluding carboxylic acids is 1. The van der Waals surface area contributed by atoms with Gasteiger partial charge in [-0.25, -0.2) is 4.39 Å². The van der Waals surface area contributed by atoms with Crippen molar-refractivity contribution < 1.29 is 9.18 Å². The summed E-state index contributed by atoms with van der Waals surface area (Å²) in [6.45, 7) is 6.00. The summed E-state index contributed by atoms with van der Waals surface area (Å²) in [6, 6.07) is 4.68. The lowest BCUT2D eigenvalue weighted by Gasteiger charge is -2.25. The highest BCUT2D eigenvalue weighted by molar-refractivity contribution is 8.00. The average molecular weight is 267 g/mol. The van der Waals surface area contributed by atoms with Crippen LogP contribution in [0.25, 0.3) is 0 Å². The van der Waals surface area contributed by atoms with Crippen LogP contribution in [0.4, 0.5) is 10.1 Å². The maximum atomic E-state index is 13.9. The normalized spacial score (nSPS) is 19.4. The zero-order chi connectivity index (χ0) is 13.2. The Labute approximate surface area is 112 Å². The van der Waals surface area contributed by atoms with Crippen molar-refractivity contribution in [2.24, 2.45) is 0 Å². The molecule has 0 saturated carbocycles. The molecule has 0 aliphatic carbocycles. The van der Waals surface area contributed by atoms with E-state index in [-0.39, 0.29) is 10.6 Å². The Balaban J connectivity index is 2.29. The summed E-state index contributed by atoms with van der Waals surface area (Å²) < 4.78 is 14.2. The average Bonchev–Trinajstić information content (AvgIpc) is 2.50. The minimum atomic E-state index is -0.302. The van der Waals surface area contributed by atoms with Gasteiger partial charge in [0.2, 0.25) is 0 Å². The maximum Gasteiger partial charge on any atom is 0.152 e. The first kappa shape index (κ1) is 13.4. The Morgan fingerprint density at radius 3 is 2.89 bits per heavy atom. The molecular weight excluding hydrogens is 249 g/mol. The lowest BCUT2D eigenvalue weighted by Crippen LogP contribution is -2.28. The summed E-state index contributed by atoms with van der Waals surface area (Å²) >= 11 is 1.91. The number of halogens is 1. The zero-order valence-electron chi connectivity index (χ0n) is 10.8. The Hall–Kier alpha value is -1.03. The second-order valence-corrected chi connectivity index (χ2v) is 6.94. The Bertz CT molecular complexity index is 447. The predicted molar refractivity (Wildman–Crippen MR) is 75.2 cm³/mol. The van der Waals surface area contributed by atoms with Crippen molar-refractivity contribution in [3.05, 3.63) is 29.6 Å². The Morgan fingerprint density at radius 2 is 2.17 bits per heavy atom. The number of thioether (sulfide) groups is 1. The van der Waals surface area contributed by atoms with Crippen LogP contribution in [0.5, 0.6) is 0 Å². The topological polar surface area (TPSA) is 20.3 Å². The second-order valence-electron chi connectivity index (χ2n) is 5.14. The molecule has 0 radical (unpaired) electrons. The summed E-state index contributed by atoms with van der Waals surface area (Å²) in [7, 11) is 0. The standard InChI is InChI=1S/C14H18FNOS/c1-14(2)6-7-16(8-9-18-14)13-11(10-17)4-3-5-12(13)15/h3-5,10H,6-9H2,1-2H3. The van der Waals surface area contributed by atoms with Gasteiger partial charge in [-0.2, -0.15) is 11.8 Å². The van der Waals surface area contributed by atoms with Crippen LogP contribution in [0.1, 0.15) is 30.6 Å². The molecular formula is C14H18FNOS. The molecule has 2 nitrogen and oxygen atoms in total. The molecule has 0 spiro atoms. The monoisotopic (exact) mass is 267 g/mol. The van der Waals surface area contributed by atoms with Gasteiger partial charge in [-0.15, -0.1) is 0 Å². The summed E-state index contributed by atoms with van der Waals surface area (Å²) in [5.41, 5.74) is 0.908. The van der Waals surface area contributed by atoms with Crippen LogP contribution < -0.4 is 4.90 Å². The van der Waals surface area contributed by atoms with E-state index >= 15 is 0 Å². The number of carbonyl (C=O) groups is 1. The highest BCUT2D eigenvalue weighted by Crippen LogP contribution is 2.33. The van der Waals surface area contributed by atoms with Gasteiger partial charge in [-0.1, -0.05) is 19.9 Å². The summed E-state index contributed by atoms with van der Waals surface area (Å²) in [5, 5.41) is 0. The van der Waals surface area contributed by atoms with E-state index in [0.717, 1.165) is 31.5 Å². The van der Waals surface area contributed by atoms with Gasteiger partial charge in [0, 0.05) is 29.2 Å². The van der Waals surface area contributed by atoms with Crippen molar-refractivity contribution in [1.82, 2.24) is 0 Å². The Morgan fingerprint density at radius 1 is 1.39 bits per heavy atom. The quantitative estimate of drug-likeness (QED) is 0.766. The molecule has 0 amide bonds. The van der Waals surface area contributed by atoms with E-state index in [0.29, 0.717) is 11.3 Å². The molecule has 1 fully saturated rings. The fourth-order valence-corrected chi connectivity index (χ4v) is 3.30. The van der Waals surface area contributed by atoms with Crippen LogP contribution >= 0.6 is 11.8 Å². The summed E-state index contributed by atoms with van der Waals surface area (Å²) in [6.07, 6.45) is 1.73. The zero-order valence-corrected chi connectivity index (χ0v) is 11.6. The molecule has 1 aromatic rings. The van der Waals surface area contributed by atoms with Crippen LogP contribution in [-0.4, -0.2) is 29.9 Å². The van der Waals surface area contributed by atoms with E-state index in [1.165, 1.54) is 6.07 Å². The number of nitrogens with zero attached hydrogens (tertiary/aromatic N) is 1. The molecule has 0 N–H and O–H groups in total. The van der Waals surface area contributed by atoms with E-state index in [1.807, 2.05) is 16.7 Å². The molecule has 1 aliphatic rings. The van der Waals surface area contributed by atoms with E-state index in [4.69, 9.17) is 0 Å². The van der Waals surface area contributed by atoms with Gasteiger partial charge in [-0.05, 0) is 18.6 Å². The molecule has 0 bridgehead atoms. The van der Waals surface area contributed by atoms with Crippen molar-refractivity contribution in [3.8, 4) is 0 Å². The highest BCUT2D eigenvalue weighted by atomic mass is 32.2. The number of hydrogen-bond acceptors (Lipinski definition) is 3. The lowest BCUT2D eigenvalue weighted by molar-refractivity contribution is 0.112. The van der Waals surface area contributed by atoms with E-state index in [9.17, 15) is 9.18 Å². The lowest BCUT2D eigenvalue weighted by atomic mass is 10.1. The van der Waals surface area contributed by atoms with Crippen LogP contribution in [0, 0.1) is 5.82 Å². The van der Waals surface area contributed by atoms with Crippen molar-refractivity contribution in [3.63, 3.8) is 0 Å². The molecule has 1 heterocycles. The van der Waals surface area contributed by atoms with Crippen molar-refractivity contribution in [1.29, 1.82) is 0 Å². The predicted octanol–water partition coefficient (Wildman–Crippen LogP) is 3.36. The van der Waals surface area contributed by atoms with Crippen LogP contribution in [0.2, 0.25) is 0 Å². The molecule has 2 rings (SSSR count). The first-order valence-corrected chi connectivity index (χ1v) is 7.15. The van der Waals surface area contributed by atoms with Crippen LogP contribution in [0.3, 0.4) is 0 Å². The van der Waals surface area contributed by atoms with Gasteiger partial charge >= 0.3 is 0 Å². The number of aldehydes is 1. The highest BCUT2D eigenvalue weighted by Gasteiger charge is 2.25. The molecule has 0 aromatic heterocycles. The van der Waals surface area contributed by atoms with Gasteiger partial charge in [0.05, 0.1) is 5.69 Å². The molecule has 18 heavy (non-hydrogen) atoms. The molecule has 0 atom stereocenters. The number of hydrogen-bond donors (Lipinski definition) is 0. The third kappa shape index (κ3) is 2.86. The van der Waals surface area contributed by atoms with Gasteiger partial charge in [0.15, 0.2) is 6.29 Å². The molecule has 1 aromatic carbocycles. The number of benzene rings is 1. The fourth-order valence-electron chi connectivity index (χ4n) is 2.20. The summed E-state index contributed by atoms with van der Waals surface area (Å²) in [5.74, 6) is 0.656. The summed E-state index contributed by atoms with van der Waals surface area (Å²) in [4.78, 5) is 13.0. The maximum absolute atomic E-state index is 13.9. The minimum absolute atomic E-state index is 0.224. The first-order valence-electron chi connectivity index (χ1n) is 6.16. The van der Waals surface area contributed by atoms with E-state index in [1.54, 1.807) is 12.1 Å². The van der Waals surface area contributed by atoms with Gasteiger partial charge in [0.25, 0.3) is 0 Å². The molecule has 1 aliphatic heterocycles. The minimum Gasteiger partial charge on any atom is -0.368 e. The van der Waals surface area contributed by atoms with Crippen LogP contribution in [-0.2, 0) is 0 Å². The van der Waals surface area contributed by atoms with E-state index in [2.05, 4.69) is 13.8 Å². The van der Waals surface area contributed by atoms with Crippen molar-refractivity contribution in [2.45, 2.75) is 25.0 Å². The van der Waals surface area contributed by atoms with Crippen LogP contribution in [0.15, 0.2) is 18.2 Å². The fraction of sp³-hybridized carbons (Fsp3) is 0.500. The second kappa shape index (κ2) is 5.31. The third-order valence-electron chi connectivity index (χ3n) is 3.30. The van der Waals surface area contributed by atoms with Crippen molar-refractivity contribution >= 4 is 23.7 Å². The van der Waals surface area contributed by atoms with Gasteiger partial charge in [0.1, 0.15) is 5.82 Å².